The number of halogens is 4. The van der Waals surface area contributed by atoms with Crippen molar-refractivity contribution >= 4 is 46.5 Å². The monoisotopic (exact) mass is 589 g/mol. The molecule has 0 aromatic heterocycles. The summed E-state index contributed by atoms with van der Waals surface area (Å²) < 4.78 is 59.8. The van der Waals surface area contributed by atoms with Crippen molar-refractivity contribution in [3.8, 4) is 5.75 Å². The molecule has 1 atom stereocenters. The number of esters is 1. The third-order valence-electron chi connectivity index (χ3n) is 5.97. The Morgan fingerprint density at radius 2 is 1.61 bits per heavy atom. The third kappa shape index (κ3) is 7.37. The van der Waals surface area contributed by atoms with E-state index in [1.165, 1.54) is 70.5 Å². The molecule has 214 valence electrons. The van der Waals surface area contributed by atoms with E-state index >= 15 is 0 Å². The fraction of sp³-hybridized carbons (Fsp3) is 0.214. The zero-order chi connectivity index (χ0) is 29.7. The van der Waals surface area contributed by atoms with E-state index in [9.17, 15) is 31.9 Å². The predicted octanol–water partition coefficient (Wildman–Crippen LogP) is 5.43. The van der Waals surface area contributed by atoms with Crippen molar-refractivity contribution in [2.45, 2.75) is 32.3 Å². The highest BCUT2D eigenvalue weighted by molar-refractivity contribution is 7.80. The lowest BCUT2D eigenvalue weighted by atomic mass is 10.1. The van der Waals surface area contributed by atoms with Crippen LogP contribution in [0, 0.1) is 5.82 Å². The van der Waals surface area contributed by atoms with Crippen LogP contribution in [0.4, 0.5) is 28.9 Å². The summed E-state index contributed by atoms with van der Waals surface area (Å²) in [5.74, 6) is -2.51. The lowest BCUT2D eigenvalue weighted by Gasteiger charge is -2.24. The molecule has 1 aliphatic heterocycles. The Bertz CT molecular complexity index is 1430. The van der Waals surface area contributed by atoms with Gasteiger partial charge in [-0.3, -0.25) is 14.5 Å². The molecule has 1 fully saturated rings. The van der Waals surface area contributed by atoms with Crippen LogP contribution in [0.15, 0.2) is 72.8 Å². The van der Waals surface area contributed by atoms with Crippen LogP contribution in [0.2, 0.25) is 0 Å². The van der Waals surface area contributed by atoms with Crippen molar-refractivity contribution in [3.63, 3.8) is 0 Å². The van der Waals surface area contributed by atoms with Crippen LogP contribution in [0.5, 0.6) is 5.75 Å². The molecule has 3 aromatic carbocycles. The summed E-state index contributed by atoms with van der Waals surface area (Å²) in [7, 11) is 0. The zero-order valence-electron chi connectivity index (χ0n) is 21.5. The number of carbonyl (C=O) groups is 3. The molecular formula is C28H23F4N3O5S. The number of nitrogens with zero attached hydrogens (tertiary/aromatic N) is 2. The minimum Gasteiger partial charge on any atom is -0.462 e. The predicted molar refractivity (Wildman–Crippen MR) is 145 cm³/mol. The van der Waals surface area contributed by atoms with Gasteiger partial charge in [0, 0.05) is 12.2 Å². The van der Waals surface area contributed by atoms with Gasteiger partial charge in [-0.15, -0.1) is 13.2 Å². The number of hydrogen-bond donors (Lipinski definition) is 1. The molecule has 13 heteroatoms. The maximum atomic E-state index is 13.6. The minimum absolute atomic E-state index is 0.0111. The number of alkyl halides is 3. The Morgan fingerprint density at radius 1 is 0.976 bits per heavy atom. The van der Waals surface area contributed by atoms with Gasteiger partial charge >= 0.3 is 12.3 Å². The summed E-state index contributed by atoms with van der Waals surface area (Å²) in [4.78, 5) is 41.2. The van der Waals surface area contributed by atoms with Crippen molar-refractivity contribution < 1.29 is 41.4 Å². The molecule has 8 nitrogen and oxygen atoms in total. The summed E-state index contributed by atoms with van der Waals surface area (Å²) in [5, 5.41) is 2.66. The minimum atomic E-state index is -4.85. The molecule has 1 unspecified atom stereocenters. The number of ether oxygens (including phenoxy) is 2. The van der Waals surface area contributed by atoms with Gasteiger partial charge in [0.05, 0.1) is 24.3 Å². The third-order valence-corrected chi connectivity index (χ3v) is 6.39. The molecule has 1 aliphatic rings. The molecule has 0 bridgehead atoms. The molecule has 1 heterocycles. The maximum absolute atomic E-state index is 13.6. The van der Waals surface area contributed by atoms with Gasteiger partial charge in [-0.25, -0.2) is 9.18 Å². The van der Waals surface area contributed by atoms with E-state index in [0.717, 1.165) is 12.1 Å². The van der Waals surface area contributed by atoms with Gasteiger partial charge in [-0.05, 0) is 85.4 Å². The highest BCUT2D eigenvalue weighted by Crippen LogP contribution is 2.30. The zero-order valence-corrected chi connectivity index (χ0v) is 22.3. The van der Waals surface area contributed by atoms with Gasteiger partial charge in [0.15, 0.2) is 5.11 Å². The molecule has 1 N–H and O–H groups in total. The van der Waals surface area contributed by atoms with E-state index in [1.807, 2.05) is 0 Å². The Labute approximate surface area is 237 Å². The first-order valence-electron chi connectivity index (χ1n) is 12.3. The smallest absolute Gasteiger partial charge is 0.462 e. The summed E-state index contributed by atoms with van der Waals surface area (Å²) in [6, 6.07) is 15.0. The topological polar surface area (TPSA) is 88.2 Å². The standard InChI is InChI=1S/C28H23F4N3O5S/c1-2-39-26(38)18-5-11-21(12-6-18)35-25(37)23(15-24(36)33-20-9-7-19(29)8-10-20)34(27(35)41)16-17-3-13-22(14-4-17)40-28(30,31)32/h3-14,23H,2,15-16H2,1H3,(H,33,36). The number of anilines is 2. The average Bonchev–Trinajstić information content (AvgIpc) is 3.14. The Morgan fingerprint density at radius 3 is 2.20 bits per heavy atom. The highest BCUT2D eigenvalue weighted by Gasteiger charge is 2.44. The molecule has 0 saturated carbocycles. The maximum Gasteiger partial charge on any atom is 0.573 e. The van der Waals surface area contributed by atoms with Crippen LogP contribution in [-0.2, 0) is 20.9 Å². The molecule has 4 rings (SSSR count). The van der Waals surface area contributed by atoms with Crippen LogP contribution in [0.1, 0.15) is 29.3 Å². The molecule has 3 aromatic rings. The number of benzene rings is 3. The largest absolute Gasteiger partial charge is 0.573 e. The first-order chi connectivity index (χ1) is 19.4. The molecule has 0 aliphatic carbocycles. The van der Waals surface area contributed by atoms with Gasteiger partial charge in [0.1, 0.15) is 17.6 Å². The van der Waals surface area contributed by atoms with Gasteiger partial charge in [0.25, 0.3) is 5.91 Å². The summed E-state index contributed by atoms with van der Waals surface area (Å²) in [6.07, 6.45) is -5.18. The Hall–Kier alpha value is -4.52. The molecule has 1 saturated heterocycles. The van der Waals surface area contributed by atoms with Crippen molar-refractivity contribution in [1.29, 1.82) is 0 Å². The average molecular weight is 590 g/mol. The molecule has 0 radical (unpaired) electrons. The van der Waals surface area contributed by atoms with Crippen LogP contribution in [0.25, 0.3) is 0 Å². The quantitative estimate of drug-likeness (QED) is 0.202. The lowest BCUT2D eigenvalue weighted by Crippen LogP contribution is -2.37. The van der Waals surface area contributed by atoms with Crippen molar-refractivity contribution in [2.75, 3.05) is 16.8 Å². The molecule has 0 spiro atoms. The summed E-state index contributed by atoms with van der Waals surface area (Å²) in [6.45, 7) is 1.85. The van der Waals surface area contributed by atoms with Crippen LogP contribution in [0.3, 0.4) is 0 Å². The van der Waals surface area contributed by atoms with E-state index in [0.29, 0.717) is 16.9 Å². The molecule has 2 amide bonds. The number of rotatable bonds is 9. The first-order valence-corrected chi connectivity index (χ1v) is 12.7. The van der Waals surface area contributed by atoms with E-state index < -0.39 is 41.8 Å². The number of thiocarbonyl (C=S) groups is 1. The number of amides is 2. The van der Waals surface area contributed by atoms with Gasteiger partial charge in [-0.1, -0.05) is 12.1 Å². The Balaban J connectivity index is 1.58. The normalized spacial score (nSPS) is 15.2. The molecule has 41 heavy (non-hydrogen) atoms. The lowest BCUT2D eigenvalue weighted by molar-refractivity contribution is -0.274. The van der Waals surface area contributed by atoms with Crippen molar-refractivity contribution in [3.05, 3.63) is 89.7 Å². The van der Waals surface area contributed by atoms with E-state index in [2.05, 4.69) is 10.1 Å². The van der Waals surface area contributed by atoms with Crippen molar-refractivity contribution in [1.82, 2.24) is 4.90 Å². The number of nitrogens with one attached hydrogen (secondary N) is 1. The van der Waals surface area contributed by atoms with Crippen molar-refractivity contribution in [2.24, 2.45) is 0 Å². The van der Waals surface area contributed by atoms with E-state index in [-0.39, 0.29) is 30.2 Å². The fourth-order valence-corrected chi connectivity index (χ4v) is 4.51. The van der Waals surface area contributed by atoms with E-state index in [4.69, 9.17) is 17.0 Å². The highest BCUT2D eigenvalue weighted by atomic mass is 32.1. The van der Waals surface area contributed by atoms with Crippen LogP contribution < -0.4 is 15.0 Å². The number of hydrogen-bond acceptors (Lipinski definition) is 6. The van der Waals surface area contributed by atoms with Gasteiger partial charge in [0.2, 0.25) is 5.91 Å². The van der Waals surface area contributed by atoms with Crippen LogP contribution in [-0.4, -0.2) is 46.8 Å². The van der Waals surface area contributed by atoms with E-state index in [1.54, 1.807) is 6.92 Å². The fourth-order valence-electron chi connectivity index (χ4n) is 4.13. The first kappa shape index (κ1) is 29.5. The second kappa shape index (κ2) is 12.3. The second-order valence-corrected chi connectivity index (χ2v) is 9.18. The SMILES string of the molecule is CCOC(=O)c1ccc(N2C(=O)C(CC(=O)Nc3ccc(F)cc3)N(Cc3ccc(OC(F)(F)F)cc3)C2=S)cc1. The second-order valence-electron chi connectivity index (χ2n) is 8.82. The molecular weight excluding hydrogens is 566 g/mol. The number of carbonyl (C=O) groups excluding carboxylic acids is 3. The summed E-state index contributed by atoms with van der Waals surface area (Å²) >= 11 is 5.61. The van der Waals surface area contributed by atoms with Gasteiger partial charge < -0.3 is 19.7 Å². The summed E-state index contributed by atoms with van der Waals surface area (Å²) in [5.41, 5.74) is 1.43. The van der Waals surface area contributed by atoms with Crippen LogP contribution >= 0.6 is 12.2 Å². The Kier molecular flexibility index (Phi) is 8.86. The van der Waals surface area contributed by atoms with Gasteiger partial charge in [-0.2, -0.15) is 0 Å².